The van der Waals surface area contributed by atoms with Crippen molar-refractivity contribution in [1.82, 2.24) is 10.8 Å². The van der Waals surface area contributed by atoms with Crippen LogP contribution in [-0.4, -0.2) is 38.0 Å². The number of nitrogens with one attached hydrogen (secondary N) is 2. The van der Waals surface area contributed by atoms with Gasteiger partial charge in [0.1, 0.15) is 0 Å². The molecule has 1 atom stereocenters. The molecule has 0 aliphatic carbocycles. The van der Waals surface area contributed by atoms with Gasteiger partial charge in [-0.25, -0.2) is 0 Å². The minimum atomic E-state index is -0.537. The van der Waals surface area contributed by atoms with Crippen LogP contribution < -0.4 is 26.1 Å². The van der Waals surface area contributed by atoms with Gasteiger partial charge in [0.15, 0.2) is 16.7 Å². The average molecular weight is 352 g/mol. The van der Waals surface area contributed by atoms with Gasteiger partial charge < -0.3 is 20.6 Å². The maximum Gasteiger partial charge on any atom is 0.250 e. The Bertz CT molecular complexity index is 650. The molecule has 132 valence electrons. The fraction of sp³-hybridized carbons (Fsp3) is 0.500. The molecule has 1 heterocycles. The highest BCUT2D eigenvalue weighted by Crippen LogP contribution is 2.39. The van der Waals surface area contributed by atoms with Gasteiger partial charge in [-0.3, -0.25) is 4.79 Å². The second-order valence-corrected chi connectivity index (χ2v) is 6.53. The number of amides is 1. The van der Waals surface area contributed by atoms with Crippen molar-refractivity contribution in [1.29, 1.82) is 0 Å². The van der Waals surface area contributed by atoms with Crippen LogP contribution in [0.25, 0.3) is 0 Å². The normalized spacial score (nSPS) is 20.4. The van der Waals surface area contributed by atoms with Gasteiger partial charge >= 0.3 is 0 Å². The molecule has 0 saturated heterocycles. The number of hydrogen-bond acceptors (Lipinski definition) is 6. The van der Waals surface area contributed by atoms with Crippen LogP contribution >= 0.6 is 11.8 Å². The molecule has 0 bridgehead atoms. The van der Waals surface area contributed by atoms with Crippen LogP contribution in [0.4, 0.5) is 0 Å². The molecule has 24 heavy (non-hydrogen) atoms. The predicted octanol–water partition coefficient (Wildman–Crippen LogP) is 1.16. The Hall–Kier alpha value is -1.77. The van der Waals surface area contributed by atoms with Crippen molar-refractivity contribution in [3.8, 4) is 11.5 Å². The molecule has 0 spiro atoms. The fourth-order valence-corrected chi connectivity index (χ4v) is 3.10. The van der Waals surface area contributed by atoms with Crippen molar-refractivity contribution >= 4 is 22.8 Å². The Labute approximate surface area is 146 Å². The van der Waals surface area contributed by atoms with Crippen molar-refractivity contribution in [2.75, 3.05) is 27.0 Å². The maximum atomic E-state index is 12.2. The molecule has 0 radical (unpaired) electrons. The van der Waals surface area contributed by atoms with Gasteiger partial charge in [0.25, 0.3) is 0 Å². The summed E-state index contributed by atoms with van der Waals surface area (Å²) in [4.78, 5) is 21.6. The molecule has 1 aliphatic rings. The number of ether oxygens (including phenoxy) is 1. The molecular formula is C16H24N4O3S. The Morgan fingerprint density at radius 1 is 1.50 bits per heavy atom. The zero-order chi connectivity index (χ0) is 17.7. The van der Waals surface area contributed by atoms with Gasteiger partial charge in [0.05, 0.1) is 13.5 Å². The van der Waals surface area contributed by atoms with Crippen molar-refractivity contribution < 1.29 is 14.4 Å². The number of methoxy groups -OCH3 is 1. The van der Waals surface area contributed by atoms with E-state index in [1.807, 2.05) is 19.1 Å². The van der Waals surface area contributed by atoms with E-state index in [4.69, 9.17) is 15.3 Å². The van der Waals surface area contributed by atoms with Gasteiger partial charge in [-0.15, -0.1) is 0 Å². The first-order valence-corrected chi connectivity index (χ1v) is 8.87. The zero-order valence-corrected chi connectivity index (χ0v) is 15.3. The summed E-state index contributed by atoms with van der Waals surface area (Å²) < 4.78 is 5.39. The number of amidine groups is 1. The smallest absolute Gasteiger partial charge is 0.250 e. The van der Waals surface area contributed by atoms with Gasteiger partial charge in [0, 0.05) is 19.1 Å². The third-order valence-corrected chi connectivity index (χ3v) is 4.56. The highest BCUT2D eigenvalue weighted by molar-refractivity contribution is 8.13. The van der Waals surface area contributed by atoms with E-state index in [2.05, 4.69) is 15.8 Å². The lowest BCUT2D eigenvalue weighted by Crippen LogP contribution is -2.46. The number of fused-ring (bicyclic) bond motifs is 1. The number of rotatable bonds is 5. The van der Waals surface area contributed by atoms with Crippen molar-refractivity contribution in [3.05, 3.63) is 23.3 Å². The molecule has 0 fully saturated rings. The summed E-state index contributed by atoms with van der Waals surface area (Å²) in [5.74, 6) is 0.980. The maximum absolute atomic E-state index is 12.2. The molecule has 0 aromatic heterocycles. The Balaban J connectivity index is 2.38. The lowest BCUT2D eigenvalue weighted by molar-refractivity contribution is -0.119. The van der Waals surface area contributed by atoms with E-state index in [0.29, 0.717) is 11.5 Å². The zero-order valence-electron chi connectivity index (χ0n) is 14.4. The third-order valence-electron chi connectivity index (χ3n) is 4.05. The molecule has 1 amide bonds. The van der Waals surface area contributed by atoms with E-state index in [1.54, 1.807) is 20.4 Å². The van der Waals surface area contributed by atoms with Crippen LogP contribution in [0, 0.1) is 0 Å². The molecule has 0 saturated carbocycles. The second kappa shape index (κ2) is 7.87. The number of nitrogens with two attached hydrogens (primary N) is 1. The number of carbonyl (C=O) groups excluding carboxylic acids is 1. The molecule has 4 N–H and O–H groups in total. The van der Waals surface area contributed by atoms with E-state index in [9.17, 15) is 4.79 Å². The lowest BCUT2D eigenvalue weighted by Gasteiger charge is -2.37. The highest BCUT2D eigenvalue weighted by atomic mass is 32.2. The first-order valence-electron chi connectivity index (χ1n) is 7.64. The summed E-state index contributed by atoms with van der Waals surface area (Å²) in [7, 11) is 3.29. The number of thioether (sulfide) groups is 1. The first kappa shape index (κ1) is 18.6. The summed E-state index contributed by atoms with van der Waals surface area (Å²) in [6.45, 7) is 2.76. The highest BCUT2D eigenvalue weighted by Gasteiger charge is 2.35. The van der Waals surface area contributed by atoms with Crippen LogP contribution in [0.2, 0.25) is 0 Å². The SMILES string of the molecule is CNOc1cc2c(cc1OC)CCNC2(C)CC(=O)N=C(N)SC. The number of carbonyl (C=O) groups is 1. The average Bonchev–Trinajstić information content (AvgIpc) is 2.54. The van der Waals surface area contributed by atoms with E-state index in [-0.39, 0.29) is 17.5 Å². The van der Waals surface area contributed by atoms with E-state index < -0.39 is 5.54 Å². The molecule has 1 aliphatic heterocycles. The molecular weight excluding hydrogens is 328 g/mol. The van der Waals surface area contributed by atoms with Gasteiger partial charge in [-0.1, -0.05) is 11.8 Å². The van der Waals surface area contributed by atoms with Crippen LogP contribution in [0.3, 0.4) is 0 Å². The minimum Gasteiger partial charge on any atom is -0.493 e. The fourth-order valence-electron chi connectivity index (χ4n) is 2.91. The van der Waals surface area contributed by atoms with Crippen LogP contribution in [0.15, 0.2) is 17.1 Å². The summed E-state index contributed by atoms with van der Waals surface area (Å²) in [5, 5.41) is 3.70. The lowest BCUT2D eigenvalue weighted by atomic mass is 9.81. The summed E-state index contributed by atoms with van der Waals surface area (Å²) in [6.07, 6.45) is 2.85. The Morgan fingerprint density at radius 3 is 2.88 bits per heavy atom. The minimum absolute atomic E-state index is 0.215. The standard InChI is InChI=1S/C16H24N4O3S/c1-16(9-14(21)20-15(17)24-4)11-8-13(23-18-2)12(22-3)7-10(11)5-6-19-16/h7-8,18-19H,5-6,9H2,1-4H3,(H2,17,20,21). The van der Waals surface area contributed by atoms with E-state index in [0.717, 1.165) is 24.1 Å². The summed E-state index contributed by atoms with van der Waals surface area (Å²) >= 11 is 1.26. The van der Waals surface area contributed by atoms with Gasteiger partial charge in [0.2, 0.25) is 5.91 Å². The topological polar surface area (TPSA) is 98.0 Å². The molecule has 1 unspecified atom stereocenters. The summed E-state index contributed by atoms with van der Waals surface area (Å²) in [6, 6.07) is 3.87. The van der Waals surface area contributed by atoms with E-state index >= 15 is 0 Å². The monoisotopic (exact) mass is 352 g/mol. The van der Waals surface area contributed by atoms with Crippen molar-refractivity contribution in [3.63, 3.8) is 0 Å². The molecule has 1 aromatic carbocycles. The number of aliphatic imine (C=N–C) groups is 1. The van der Waals surface area contributed by atoms with Crippen LogP contribution in [0.5, 0.6) is 11.5 Å². The number of hydrogen-bond donors (Lipinski definition) is 3. The molecule has 7 nitrogen and oxygen atoms in total. The predicted molar refractivity (Wildman–Crippen MR) is 96.5 cm³/mol. The second-order valence-electron chi connectivity index (χ2n) is 5.70. The number of benzene rings is 1. The Kier molecular flexibility index (Phi) is 6.09. The Morgan fingerprint density at radius 2 is 2.25 bits per heavy atom. The van der Waals surface area contributed by atoms with Crippen molar-refractivity contribution in [2.24, 2.45) is 10.7 Å². The summed E-state index contributed by atoms with van der Waals surface area (Å²) in [5.41, 5.74) is 9.90. The molecule has 1 aromatic rings. The van der Waals surface area contributed by atoms with Crippen LogP contribution in [0.1, 0.15) is 24.5 Å². The third kappa shape index (κ3) is 4.00. The number of hydroxylamine groups is 1. The van der Waals surface area contributed by atoms with Gasteiger partial charge in [-0.2, -0.15) is 10.5 Å². The molecule has 8 heteroatoms. The van der Waals surface area contributed by atoms with Crippen molar-refractivity contribution in [2.45, 2.75) is 25.3 Å². The number of nitrogens with zero attached hydrogens (tertiary/aromatic N) is 1. The van der Waals surface area contributed by atoms with Gasteiger partial charge in [-0.05, 0) is 42.9 Å². The first-order chi connectivity index (χ1) is 11.4. The quantitative estimate of drug-likeness (QED) is 0.416. The van der Waals surface area contributed by atoms with Crippen LogP contribution in [-0.2, 0) is 16.8 Å². The molecule has 2 rings (SSSR count). The van der Waals surface area contributed by atoms with E-state index in [1.165, 1.54) is 11.8 Å². The largest absolute Gasteiger partial charge is 0.493 e.